The highest BCUT2D eigenvalue weighted by Crippen LogP contribution is 2.23. The Morgan fingerprint density at radius 3 is 2.65 bits per heavy atom. The van der Waals surface area contributed by atoms with Gasteiger partial charge in [0.2, 0.25) is 0 Å². The van der Waals surface area contributed by atoms with Crippen LogP contribution in [0.5, 0.6) is 5.75 Å². The second kappa shape index (κ2) is 9.80. The van der Waals surface area contributed by atoms with E-state index >= 15 is 0 Å². The Hall–Kier alpha value is -1.77. The van der Waals surface area contributed by atoms with Crippen LogP contribution in [0.25, 0.3) is 0 Å². The molecule has 2 rings (SSSR count). The van der Waals surface area contributed by atoms with E-state index in [4.69, 9.17) is 21.1 Å². The summed E-state index contributed by atoms with van der Waals surface area (Å²) in [7, 11) is 1.45. The Balaban J connectivity index is 2.06. The van der Waals surface area contributed by atoms with Crippen molar-refractivity contribution in [3.8, 4) is 5.75 Å². The van der Waals surface area contributed by atoms with Gasteiger partial charge in [-0.05, 0) is 31.2 Å². The second-order valence-electron chi connectivity index (χ2n) is 5.40. The SMILES string of the molecule is COCCN(CC(F)F)C(=O)c1sc(COc2ccc(Cl)cc2)nc1C. The standard InChI is InChI=1S/C17H19ClF2N2O3S/c1-11-16(17(23)22(7-8-24-2)9-14(19)20)26-15(21-11)10-25-13-5-3-12(18)4-6-13/h3-6,14H,7-10H2,1-2H3. The predicted octanol–water partition coefficient (Wildman–Crippen LogP) is 4.04. The number of hydrogen-bond donors (Lipinski definition) is 0. The summed E-state index contributed by atoms with van der Waals surface area (Å²) in [5, 5.41) is 1.19. The number of benzene rings is 1. The van der Waals surface area contributed by atoms with Crippen LogP contribution < -0.4 is 4.74 Å². The molecule has 1 heterocycles. The third kappa shape index (κ3) is 5.89. The highest BCUT2D eigenvalue weighted by molar-refractivity contribution is 7.13. The Bertz CT molecular complexity index is 725. The number of rotatable bonds is 9. The number of aryl methyl sites for hydroxylation is 1. The van der Waals surface area contributed by atoms with Crippen LogP contribution in [0.2, 0.25) is 5.02 Å². The van der Waals surface area contributed by atoms with E-state index in [-0.39, 0.29) is 19.8 Å². The molecular formula is C17H19ClF2N2O3S. The van der Waals surface area contributed by atoms with Crippen LogP contribution in [0.15, 0.2) is 24.3 Å². The fourth-order valence-corrected chi connectivity index (χ4v) is 3.25. The maximum atomic E-state index is 12.8. The van der Waals surface area contributed by atoms with E-state index < -0.39 is 18.9 Å². The van der Waals surface area contributed by atoms with Gasteiger partial charge in [-0.3, -0.25) is 4.79 Å². The molecule has 0 atom stereocenters. The van der Waals surface area contributed by atoms with Gasteiger partial charge in [0, 0.05) is 18.7 Å². The lowest BCUT2D eigenvalue weighted by Crippen LogP contribution is -2.37. The van der Waals surface area contributed by atoms with Crippen molar-refractivity contribution in [3.05, 3.63) is 44.9 Å². The highest BCUT2D eigenvalue weighted by atomic mass is 35.5. The fraction of sp³-hybridized carbons (Fsp3) is 0.412. The summed E-state index contributed by atoms with van der Waals surface area (Å²) in [6, 6.07) is 6.86. The second-order valence-corrected chi connectivity index (χ2v) is 6.92. The maximum absolute atomic E-state index is 12.8. The molecule has 2 aromatic rings. The van der Waals surface area contributed by atoms with E-state index in [1.165, 1.54) is 7.11 Å². The Morgan fingerprint density at radius 2 is 2.04 bits per heavy atom. The monoisotopic (exact) mass is 404 g/mol. The summed E-state index contributed by atoms with van der Waals surface area (Å²) in [6.07, 6.45) is -2.61. The largest absolute Gasteiger partial charge is 0.486 e. The van der Waals surface area contributed by atoms with Gasteiger partial charge in [-0.1, -0.05) is 11.6 Å². The van der Waals surface area contributed by atoms with Crippen LogP contribution in [0.3, 0.4) is 0 Å². The van der Waals surface area contributed by atoms with Gasteiger partial charge in [0.15, 0.2) is 0 Å². The first-order chi connectivity index (χ1) is 12.4. The van der Waals surface area contributed by atoms with Gasteiger partial charge < -0.3 is 14.4 Å². The molecule has 142 valence electrons. The Kier molecular flexibility index (Phi) is 7.74. The smallest absolute Gasteiger partial charge is 0.266 e. The molecule has 0 unspecified atom stereocenters. The van der Waals surface area contributed by atoms with Gasteiger partial charge >= 0.3 is 0 Å². The van der Waals surface area contributed by atoms with Crippen LogP contribution in [-0.2, 0) is 11.3 Å². The third-order valence-corrected chi connectivity index (χ3v) is 4.79. The lowest BCUT2D eigenvalue weighted by atomic mass is 10.3. The number of nitrogens with zero attached hydrogens (tertiary/aromatic N) is 2. The highest BCUT2D eigenvalue weighted by Gasteiger charge is 2.24. The average molecular weight is 405 g/mol. The van der Waals surface area contributed by atoms with Crippen LogP contribution in [0, 0.1) is 6.92 Å². The quantitative estimate of drug-likeness (QED) is 0.633. The summed E-state index contributed by atoms with van der Waals surface area (Å²) in [4.78, 5) is 18.3. The molecular weight excluding hydrogens is 386 g/mol. The first-order valence-corrected chi connectivity index (χ1v) is 9.01. The number of hydrogen-bond acceptors (Lipinski definition) is 5. The van der Waals surface area contributed by atoms with Crippen molar-refractivity contribution in [1.29, 1.82) is 0 Å². The molecule has 0 N–H and O–H groups in total. The number of carbonyl (C=O) groups excluding carboxylic acids is 1. The number of aromatic nitrogens is 1. The molecule has 1 aromatic heterocycles. The molecule has 26 heavy (non-hydrogen) atoms. The molecule has 0 radical (unpaired) electrons. The average Bonchev–Trinajstić information content (AvgIpc) is 2.98. The number of thiazole rings is 1. The van der Waals surface area contributed by atoms with E-state index in [1.54, 1.807) is 31.2 Å². The fourth-order valence-electron chi connectivity index (χ4n) is 2.18. The number of alkyl halides is 2. The van der Waals surface area contributed by atoms with Gasteiger partial charge in [0.25, 0.3) is 12.3 Å². The summed E-state index contributed by atoms with van der Waals surface area (Å²) < 4.78 is 36.0. The molecule has 9 heteroatoms. The van der Waals surface area contributed by atoms with Crippen molar-refractivity contribution in [1.82, 2.24) is 9.88 Å². The molecule has 1 aromatic carbocycles. The van der Waals surface area contributed by atoms with Crippen LogP contribution >= 0.6 is 22.9 Å². The topological polar surface area (TPSA) is 51.7 Å². The summed E-state index contributed by atoms with van der Waals surface area (Å²) in [5.74, 6) is 0.143. The lowest BCUT2D eigenvalue weighted by molar-refractivity contribution is 0.0481. The molecule has 0 spiro atoms. The molecule has 0 aliphatic rings. The predicted molar refractivity (Wildman–Crippen MR) is 96.4 cm³/mol. The summed E-state index contributed by atoms with van der Waals surface area (Å²) >= 11 is 6.96. The van der Waals surface area contributed by atoms with Crippen molar-refractivity contribution in [2.45, 2.75) is 20.0 Å². The molecule has 0 fully saturated rings. The minimum Gasteiger partial charge on any atom is -0.486 e. The number of ether oxygens (including phenoxy) is 2. The van der Waals surface area contributed by atoms with E-state index in [1.807, 2.05) is 0 Å². The van der Waals surface area contributed by atoms with Gasteiger partial charge in [-0.25, -0.2) is 13.8 Å². The zero-order valence-electron chi connectivity index (χ0n) is 14.4. The third-order valence-electron chi connectivity index (χ3n) is 3.42. The molecule has 0 bridgehead atoms. The molecule has 0 aliphatic heterocycles. The van der Waals surface area contributed by atoms with Gasteiger partial charge in [-0.15, -0.1) is 11.3 Å². The normalized spacial score (nSPS) is 11.0. The van der Waals surface area contributed by atoms with Crippen LogP contribution in [0.4, 0.5) is 8.78 Å². The summed E-state index contributed by atoms with van der Waals surface area (Å²) in [5.41, 5.74) is 0.492. The number of carbonyl (C=O) groups is 1. The maximum Gasteiger partial charge on any atom is 0.266 e. The number of halogens is 3. The first-order valence-electron chi connectivity index (χ1n) is 7.81. The Labute approximate surface area is 159 Å². The van der Waals surface area contributed by atoms with Crippen molar-refractivity contribution in [2.75, 3.05) is 26.8 Å². The Morgan fingerprint density at radius 1 is 1.35 bits per heavy atom. The van der Waals surface area contributed by atoms with Gasteiger partial charge in [-0.2, -0.15) is 0 Å². The van der Waals surface area contributed by atoms with Crippen molar-refractivity contribution in [2.24, 2.45) is 0 Å². The molecule has 5 nitrogen and oxygen atoms in total. The van der Waals surface area contributed by atoms with Crippen molar-refractivity contribution < 1.29 is 23.0 Å². The molecule has 1 amide bonds. The first kappa shape index (κ1) is 20.5. The van der Waals surface area contributed by atoms with E-state index in [0.717, 1.165) is 16.2 Å². The zero-order chi connectivity index (χ0) is 19.1. The van der Waals surface area contributed by atoms with Crippen molar-refractivity contribution in [3.63, 3.8) is 0 Å². The number of methoxy groups -OCH3 is 1. The van der Waals surface area contributed by atoms with Gasteiger partial charge in [0.05, 0.1) is 18.8 Å². The van der Waals surface area contributed by atoms with E-state index in [9.17, 15) is 13.6 Å². The minimum absolute atomic E-state index is 0.0909. The number of amides is 1. The van der Waals surface area contributed by atoms with E-state index in [2.05, 4.69) is 4.98 Å². The van der Waals surface area contributed by atoms with Crippen LogP contribution in [-0.4, -0.2) is 49.0 Å². The molecule has 0 aliphatic carbocycles. The van der Waals surface area contributed by atoms with Crippen LogP contribution in [0.1, 0.15) is 20.4 Å². The zero-order valence-corrected chi connectivity index (χ0v) is 15.9. The van der Waals surface area contributed by atoms with Gasteiger partial charge in [0.1, 0.15) is 22.2 Å². The minimum atomic E-state index is -2.61. The van der Waals surface area contributed by atoms with Crippen molar-refractivity contribution >= 4 is 28.8 Å². The summed E-state index contributed by atoms with van der Waals surface area (Å²) in [6.45, 7) is 1.48. The molecule has 0 saturated carbocycles. The van der Waals surface area contributed by atoms with E-state index in [0.29, 0.717) is 26.4 Å². The lowest BCUT2D eigenvalue weighted by Gasteiger charge is -2.21. The molecule has 0 saturated heterocycles.